The van der Waals surface area contributed by atoms with Crippen molar-refractivity contribution >= 4 is 11.8 Å². The van der Waals surface area contributed by atoms with Gasteiger partial charge in [0.05, 0.1) is 13.2 Å². The summed E-state index contributed by atoms with van der Waals surface area (Å²) in [5, 5.41) is 44.3. The number of carbonyl (C=O) groups excluding carboxylic acids is 2. The van der Waals surface area contributed by atoms with Crippen LogP contribution in [0.1, 0.15) is 116 Å². The second kappa shape index (κ2) is 25.0. The Morgan fingerprint density at radius 1 is 0.756 bits per heavy atom. The van der Waals surface area contributed by atoms with Crippen LogP contribution in [0.4, 0.5) is 0 Å². The molecule has 1 rings (SSSR count). The zero-order valence-electron chi connectivity index (χ0n) is 25.3. The van der Waals surface area contributed by atoms with E-state index < -0.39 is 43.2 Å². The molecule has 2 amide bonds. The van der Waals surface area contributed by atoms with Gasteiger partial charge in [-0.3, -0.25) is 9.59 Å². The van der Waals surface area contributed by atoms with Crippen LogP contribution in [0.25, 0.3) is 0 Å². The van der Waals surface area contributed by atoms with Gasteiger partial charge in [0.1, 0.15) is 24.4 Å². The molecule has 5 atom stereocenters. The predicted molar refractivity (Wildman–Crippen MR) is 159 cm³/mol. The predicted octanol–water partition coefficient (Wildman–Crippen LogP) is 3.24. The van der Waals surface area contributed by atoms with E-state index in [9.17, 15) is 24.9 Å². The van der Waals surface area contributed by atoms with Crippen LogP contribution < -0.4 is 10.6 Å². The topological polar surface area (TPSA) is 158 Å². The molecule has 1 saturated heterocycles. The minimum atomic E-state index is -1.52. The van der Waals surface area contributed by atoms with Gasteiger partial charge in [0, 0.05) is 26.0 Å². The van der Waals surface area contributed by atoms with Crippen molar-refractivity contribution < 1.29 is 39.5 Å². The van der Waals surface area contributed by atoms with Gasteiger partial charge >= 0.3 is 0 Å². The molecule has 10 nitrogen and oxygen atoms in total. The summed E-state index contributed by atoms with van der Waals surface area (Å²) in [6.45, 7) is 3.01. The van der Waals surface area contributed by atoms with E-state index in [-0.39, 0.29) is 12.3 Å². The van der Waals surface area contributed by atoms with E-state index in [1.807, 2.05) is 0 Å². The minimum absolute atomic E-state index is 0.0504. The van der Waals surface area contributed by atoms with Crippen molar-refractivity contribution in [3.05, 3.63) is 12.2 Å². The van der Waals surface area contributed by atoms with Crippen molar-refractivity contribution in [3.8, 4) is 0 Å². The summed E-state index contributed by atoms with van der Waals surface area (Å²) in [4.78, 5) is 24.1. The second-order valence-electron chi connectivity index (χ2n) is 11.1. The molecule has 0 aromatic heterocycles. The SMILES string of the molecule is CCCCCCCC/C=C\CCCCCCCC(=O)NCCOCCCCC(=O)NC1C(O)OC(CO)[C@@H](O)[C@@H]1O. The number of allylic oxidation sites excluding steroid dienone is 2. The molecule has 0 aromatic rings. The fourth-order valence-corrected chi connectivity index (χ4v) is 4.81. The quantitative estimate of drug-likeness (QED) is 0.0703. The number of aliphatic hydroxyl groups excluding tert-OH is 4. The maximum Gasteiger partial charge on any atom is 0.220 e. The third kappa shape index (κ3) is 18.6. The highest BCUT2D eigenvalue weighted by atomic mass is 16.6. The van der Waals surface area contributed by atoms with E-state index in [4.69, 9.17) is 14.6 Å². The fourth-order valence-electron chi connectivity index (χ4n) is 4.81. The van der Waals surface area contributed by atoms with Crippen LogP contribution in [0.2, 0.25) is 0 Å². The van der Waals surface area contributed by atoms with Gasteiger partial charge in [0.2, 0.25) is 11.8 Å². The molecule has 0 aliphatic carbocycles. The smallest absolute Gasteiger partial charge is 0.220 e. The molecule has 240 valence electrons. The summed E-state index contributed by atoms with van der Waals surface area (Å²) in [5.41, 5.74) is 0. The summed E-state index contributed by atoms with van der Waals surface area (Å²) in [7, 11) is 0. The van der Waals surface area contributed by atoms with Crippen molar-refractivity contribution in [1.82, 2.24) is 10.6 Å². The molecule has 1 fully saturated rings. The highest BCUT2D eigenvalue weighted by Gasteiger charge is 2.44. The molecule has 1 heterocycles. The Kier molecular flexibility index (Phi) is 22.8. The standard InChI is InChI=1S/C31H58N2O8/c1-2-3-4-5-6-7-8-9-10-11-12-13-14-15-16-19-26(35)32-21-23-40-22-18-17-20-27(36)33-28-30(38)29(37)25(24-34)41-31(28)39/h9-10,25,28-31,34,37-39H,2-8,11-24H2,1H3,(H,32,35)(H,33,36)/b10-9-/t25?,28?,29-,30-,31?/m1/s1. The molecule has 41 heavy (non-hydrogen) atoms. The lowest BCUT2D eigenvalue weighted by Crippen LogP contribution is -2.64. The zero-order valence-corrected chi connectivity index (χ0v) is 25.3. The number of nitrogens with one attached hydrogen (secondary N) is 2. The number of ether oxygens (including phenoxy) is 2. The van der Waals surface area contributed by atoms with Crippen molar-refractivity contribution in [2.24, 2.45) is 0 Å². The lowest BCUT2D eigenvalue weighted by Gasteiger charge is -2.40. The Morgan fingerprint density at radius 2 is 1.34 bits per heavy atom. The molecule has 1 aliphatic rings. The maximum atomic E-state index is 12.1. The van der Waals surface area contributed by atoms with Gasteiger partial charge in [0.15, 0.2) is 6.29 Å². The van der Waals surface area contributed by atoms with Crippen molar-refractivity contribution in [2.45, 2.75) is 147 Å². The molecular weight excluding hydrogens is 528 g/mol. The highest BCUT2D eigenvalue weighted by molar-refractivity contribution is 5.76. The molecule has 0 bridgehead atoms. The number of unbranched alkanes of at least 4 members (excludes halogenated alkanes) is 12. The third-order valence-electron chi connectivity index (χ3n) is 7.40. The summed E-state index contributed by atoms with van der Waals surface area (Å²) < 4.78 is 10.5. The molecule has 0 spiro atoms. The monoisotopic (exact) mass is 586 g/mol. The van der Waals surface area contributed by atoms with Crippen LogP contribution in [0, 0.1) is 0 Å². The van der Waals surface area contributed by atoms with Crippen LogP contribution in [0.3, 0.4) is 0 Å². The van der Waals surface area contributed by atoms with Gasteiger partial charge in [-0.15, -0.1) is 0 Å². The minimum Gasteiger partial charge on any atom is -0.394 e. The summed E-state index contributed by atoms with van der Waals surface area (Å²) in [5.74, 6) is -0.344. The first-order chi connectivity index (χ1) is 19.9. The van der Waals surface area contributed by atoms with Crippen molar-refractivity contribution in [2.75, 3.05) is 26.4 Å². The Labute approximate surface area is 247 Å². The number of amides is 2. The van der Waals surface area contributed by atoms with E-state index >= 15 is 0 Å². The molecule has 0 saturated carbocycles. The maximum absolute atomic E-state index is 12.1. The van der Waals surface area contributed by atoms with E-state index in [0.29, 0.717) is 39.0 Å². The summed E-state index contributed by atoms with van der Waals surface area (Å²) >= 11 is 0. The van der Waals surface area contributed by atoms with Crippen molar-refractivity contribution in [1.29, 1.82) is 0 Å². The van der Waals surface area contributed by atoms with Gasteiger partial charge in [-0.1, -0.05) is 70.4 Å². The second-order valence-corrected chi connectivity index (χ2v) is 11.1. The van der Waals surface area contributed by atoms with Crippen LogP contribution >= 0.6 is 0 Å². The lowest BCUT2D eigenvalue weighted by molar-refractivity contribution is -0.253. The summed E-state index contributed by atoms with van der Waals surface area (Å²) in [6, 6.07) is -1.17. The van der Waals surface area contributed by atoms with E-state index in [2.05, 4.69) is 29.7 Å². The van der Waals surface area contributed by atoms with Crippen LogP contribution in [-0.4, -0.2) is 89.2 Å². The van der Waals surface area contributed by atoms with Crippen molar-refractivity contribution in [3.63, 3.8) is 0 Å². The van der Waals surface area contributed by atoms with Gasteiger partial charge in [-0.2, -0.15) is 0 Å². The fraction of sp³-hybridized carbons (Fsp3) is 0.871. The van der Waals surface area contributed by atoms with Gasteiger partial charge in [0.25, 0.3) is 0 Å². The number of rotatable bonds is 25. The van der Waals surface area contributed by atoms with E-state index in [1.54, 1.807) is 0 Å². The van der Waals surface area contributed by atoms with Crippen LogP contribution in [-0.2, 0) is 19.1 Å². The van der Waals surface area contributed by atoms with Gasteiger partial charge in [-0.25, -0.2) is 0 Å². The number of hydrogen-bond donors (Lipinski definition) is 6. The average molecular weight is 587 g/mol. The average Bonchev–Trinajstić information content (AvgIpc) is 2.96. The highest BCUT2D eigenvalue weighted by Crippen LogP contribution is 2.20. The number of aliphatic hydroxyl groups is 4. The van der Waals surface area contributed by atoms with Gasteiger partial charge in [-0.05, 0) is 44.9 Å². The Balaban J connectivity index is 1.88. The molecular formula is C31H58N2O8. The number of carbonyl (C=O) groups is 2. The Morgan fingerprint density at radius 3 is 2.00 bits per heavy atom. The molecule has 6 N–H and O–H groups in total. The number of hydrogen-bond acceptors (Lipinski definition) is 8. The first kappa shape index (κ1) is 37.5. The van der Waals surface area contributed by atoms with Crippen LogP contribution in [0.15, 0.2) is 12.2 Å². The van der Waals surface area contributed by atoms with Gasteiger partial charge < -0.3 is 40.5 Å². The zero-order chi connectivity index (χ0) is 30.1. The van der Waals surface area contributed by atoms with E-state index in [1.165, 1.54) is 64.2 Å². The molecule has 10 heteroatoms. The molecule has 1 aliphatic heterocycles. The molecule has 0 radical (unpaired) electrons. The normalized spacial score (nSPS) is 22.7. The summed E-state index contributed by atoms with van der Waals surface area (Å²) in [6.07, 6.45) is 17.1. The first-order valence-corrected chi connectivity index (χ1v) is 16.0. The lowest BCUT2D eigenvalue weighted by atomic mass is 9.97. The van der Waals surface area contributed by atoms with Crippen LogP contribution in [0.5, 0.6) is 0 Å². The first-order valence-electron chi connectivity index (χ1n) is 16.0. The third-order valence-corrected chi connectivity index (χ3v) is 7.40. The Hall–Kier alpha value is -1.56. The molecule has 0 aromatic carbocycles. The largest absolute Gasteiger partial charge is 0.394 e. The molecule has 3 unspecified atom stereocenters. The Bertz CT molecular complexity index is 693. The van der Waals surface area contributed by atoms with E-state index in [0.717, 1.165) is 19.3 Å².